The number of thiophene rings is 1. The van der Waals surface area contributed by atoms with Crippen LogP contribution in [-0.4, -0.2) is 18.5 Å². The molecule has 0 unspecified atom stereocenters. The maximum absolute atomic E-state index is 12.6. The molecule has 0 aliphatic carbocycles. The molecule has 28 heavy (non-hydrogen) atoms. The highest BCUT2D eigenvalue weighted by atomic mass is 79.9. The Balaban J connectivity index is 2.08. The molecule has 4 nitrogen and oxygen atoms in total. The van der Waals surface area contributed by atoms with Gasteiger partial charge in [-0.2, -0.15) is 0 Å². The Bertz CT molecular complexity index is 771. The van der Waals surface area contributed by atoms with E-state index in [1.807, 2.05) is 29.6 Å². The highest BCUT2D eigenvalue weighted by Gasteiger charge is 2.22. The van der Waals surface area contributed by atoms with Crippen molar-refractivity contribution in [2.24, 2.45) is 0 Å². The van der Waals surface area contributed by atoms with Gasteiger partial charge in [0.2, 0.25) is 5.91 Å². The zero-order chi connectivity index (χ0) is 20.4. The Morgan fingerprint density at radius 2 is 1.71 bits per heavy atom. The average Bonchev–Trinajstić information content (AvgIpc) is 3.09. The fourth-order valence-electron chi connectivity index (χ4n) is 2.95. The fourth-order valence-corrected chi connectivity index (χ4v) is 4.19. The van der Waals surface area contributed by atoms with Crippen LogP contribution in [0.5, 0.6) is 0 Å². The Hall–Kier alpha value is -1.66. The number of unbranched alkanes of at least 4 members (excludes halogenated alkanes) is 5. The summed E-state index contributed by atoms with van der Waals surface area (Å²) in [5, 5.41) is 5.38. The van der Waals surface area contributed by atoms with Crippen molar-refractivity contribution in [2.45, 2.75) is 58.8 Å². The van der Waals surface area contributed by atoms with Crippen LogP contribution in [0.4, 0.5) is 5.00 Å². The van der Waals surface area contributed by atoms with E-state index in [2.05, 4.69) is 28.2 Å². The minimum atomic E-state index is -0.406. The molecule has 1 aromatic heterocycles. The van der Waals surface area contributed by atoms with Gasteiger partial charge >= 0.3 is 5.97 Å². The number of carbonyl (C=O) groups excluding carboxylic acids is 2. The van der Waals surface area contributed by atoms with E-state index in [4.69, 9.17) is 4.74 Å². The van der Waals surface area contributed by atoms with Crippen LogP contribution in [0.3, 0.4) is 0 Å². The van der Waals surface area contributed by atoms with E-state index in [0.29, 0.717) is 23.6 Å². The lowest BCUT2D eigenvalue weighted by Crippen LogP contribution is -2.14. The van der Waals surface area contributed by atoms with E-state index in [0.717, 1.165) is 28.4 Å². The molecule has 0 spiro atoms. The number of rotatable bonds is 11. The van der Waals surface area contributed by atoms with Crippen molar-refractivity contribution >= 4 is 44.1 Å². The van der Waals surface area contributed by atoms with Crippen molar-refractivity contribution in [3.63, 3.8) is 0 Å². The van der Waals surface area contributed by atoms with Crippen molar-refractivity contribution in [3.8, 4) is 11.1 Å². The molecule has 0 bridgehead atoms. The first-order valence-electron chi connectivity index (χ1n) is 9.91. The second kappa shape index (κ2) is 12.0. The summed E-state index contributed by atoms with van der Waals surface area (Å²) in [6, 6.07) is 7.74. The Kier molecular flexibility index (Phi) is 9.71. The minimum Gasteiger partial charge on any atom is -0.462 e. The van der Waals surface area contributed by atoms with Crippen LogP contribution in [0.1, 0.15) is 69.2 Å². The summed E-state index contributed by atoms with van der Waals surface area (Å²) < 4.78 is 6.21. The van der Waals surface area contributed by atoms with Crippen LogP contribution >= 0.6 is 27.3 Å². The molecular formula is C22H28BrNO3S. The van der Waals surface area contributed by atoms with E-state index in [9.17, 15) is 9.59 Å². The summed E-state index contributed by atoms with van der Waals surface area (Å²) in [5.41, 5.74) is 2.13. The summed E-state index contributed by atoms with van der Waals surface area (Å²) in [7, 11) is 0. The smallest absolute Gasteiger partial charge is 0.341 e. The van der Waals surface area contributed by atoms with Crippen molar-refractivity contribution in [2.75, 3.05) is 11.9 Å². The molecule has 0 atom stereocenters. The first-order chi connectivity index (χ1) is 13.6. The quantitative estimate of drug-likeness (QED) is 0.285. The molecule has 152 valence electrons. The first kappa shape index (κ1) is 22.6. The second-order valence-electron chi connectivity index (χ2n) is 6.65. The van der Waals surface area contributed by atoms with E-state index >= 15 is 0 Å². The lowest BCUT2D eigenvalue weighted by molar-refractivity contribution is -0.116. The van der Waals surface area contributed by atoms with Crippen LogP contribution in [0.15, 0.2) is 34.1 Å². The molecular weight excluding hydrogens is 438 g/mol. The molecule has 1 N–H and O–H groups in total. The van der Waals surface area contributed by atoms with Gasteiger partial charge in [-0.15, -0.1) is 11.3 Å². The summed E-state index contributed by atoms with van der Waals surface area (Å²) in [6.45, 7) is 4.26. The first-order valence-corrected chi connectivity index (χ1v) is 11.6. The van der Waals surface area contributed by atoms with E-state index < -0.39 is 5.97 Å². The zero-order valence-corrected chi connectivity index (χ0v) is 19.0. The van der Waals surface area contributed by atoms with Gasteiger partial charge in [0.25, 0.3) is 0 Å². The van der Waals surface area contributed by atoms with E-state index in [1.165, 1.54) is 37.0 Å². The largest absolute Gasteiger partial charge is 0.462 e. The number of anilines is 1. The van der Waals surface area contributed by atoms with Crippen molar-refractivity contribution < 1.29 is 14.3 Å². The maximum atomic E-state index is 12.6. The number of hydrogen-bond acceptors (Lipinski definition) is 4. The third-order valence-corrected chi connectivity index (χ3v) is 5.86. The molecule has 0 aliphatic heterocycles. The van der Waals surface area contributed by atoms with Gasteiger partial charge in [0.15, 0.2) is 0 Å². The van der Waals surface area contributed by atoms with Gasteiger partial charge in [0, 0.05) is 21.8 Å². The van der Waals surface area contributed by atoms with Gasteiger partial charge < -0.3 is 10.1 Å². The number of ether oxygens (including phenoxy) is 1. The molecule has 0 radical (unpaired) electrons. The Morgan fingerprint density at radius 1 is 1.04 bits per heavy atom. The molecule has 1 heterocycles. The Labute approximate surface area is 179 Å². The van der Waals surface area contributed by atoms with Gasteiger partial charge in [0.1, 0.15) is 10.6 Å². The number of carbonyl (C=O) groups is 2. The topological polar surface area (TPSA) is 55.4 Å². The molecule has 0 fully saturated rings. The van der Waals surface area contributed by atoms with Crippen molar-refractivity contribution in [1.29, 1.82) is 0 Å². The van der Waals surface area contributed by atoms with Gasteiger partial charge in [-0.1, -0.05) is 67.1 Å². The summed E-state index contributed by atoms with van der Waals surface area (Å²) >= 11 is 4.79. The van der Waals surface area contributed by atoms with Gasteiger partial charge in [-0.25, -0.2) is 4.79 Å². The number of halogens is 1. The molecule has 6 heteroatoms. The maximum Gasteiger partial charge on any atom is 0.341 e. The highest BCUT2D eigenvalue weighted by Crippen LogP contribution is 2.36. The number of nitrogens with one attached hydrogen (secondary N) is 1. The second-order valence-corrected chi connectivity index (χ2v) is 8.44. The van der Waals surface area contributed by atoms with Crippen LogP contribution < -0.4 is 5.32 Å². The van der Waals surface area contributed by atoms with E-state index in [1.54, 1.807) is 6.92 Å². The van der Waals surface area contributed by atoms with Crippen LogP contribution in [0, 0.1) is 0 Å². The minimum absolute atomic E-state index is 0.0507. The predicted molar refractivity (Wildman–Crippen MR) is 120 cm³/mol. The fraction of sp³-hybridized carbons (Fsp3) is 0.455. The molecule has 2 aromatic rings. The van der Waals surface area contributed by atoms with Gasteiger partial charge in [-0.3, -0.25) is 4.79 Å². The third kappa shape index (κ3) is 6.74. The third-order valence-electron chi connectivity index (χ3n) is 4.44. The van der Waals surface area contributed by atoms with Crippen molar-refractivity contribution in [3.05, 3.63) is 39.7 Å². The molecule has 0 saturated carbocycles. The molecule has 2 rings (SSSR count). The summed E-state index contributed by atoms with van der Waals surface area (Å²) in [6.07, 6.45) is 7.27. The SMILES string of the molecule is CCCCCCCCC(=O)Nc1scc(-c2ccc(Br)cc2)c1C(=O)OCC. The number of hydrogen-bond donors (Lipinski definition) is 1. The lowest BCUT2D eigenvalue weighted by atomic mass is 10.0. The van der Waals surface area contributed by atoms with E-state index in [-0.39, 0.29) is 5.91 Å². The summed E-state index contributed by atoms with van der Waals surface area (Å²) in [5.74, 6) is -0.457. The van der Waals surface area contributed by atoms with Crippen LogP contribution in [0.2, 0.25) is 0 Å². The average molecular weight is 466 g/mol. The number of benzene rings is 1. The molecule has 0 aliphatic rings. The van der Waals surface area contributed by atoms with Crippen molar-refractivity contribution in [1.82, 2.24) is 0 Å². The molecule has 0 saturated heterocycles. The monoisotopic (exact) mass is 465 g/mol. The van der Waals surface area contributed by atoms with Crippen LogP contribution in [-0.2, 0) is 9.53 Å². The Morgan fingerprint density at radius 3 is 2.39 bits per heavy atom. The summed E-state index contributed by atoms with van der Waals surface area (Å²) in [4.78, 5) is 24.9. The zero-order valence-electron chi connectivity index (χ0n) is 16.6. The van der Waals surface area contributed by atoms with Gasteiger partial charge in [-0.05, 0) is 31.0 Å². The van der Waals surface area contributed by atoms with Gasteiger partial charge in [0.05, 0.1) is 6.61 Å². The number of esters is 1. The predicted octanol–water partition coefficient (Wildman–Crippen LogP) is 7.04. The number of amides is 1. The molecule has 1 amide bonds. The lowest BCUT2D eigenvalue weighted by Gasteiger charge is -2.09. The molecule has 1 aromatic carbocycles. The normalized spacial score (nSPS) is 10.7. The highest BCUT2D eigenvalue weighted by molar-refractivity contribution is 9.10. The standard InChI is InChI=1S/C22H28BrNO3S/c1-3-5-6-7-8-9-10-19(25)24-21-20(22(26)27-4-2)18(15-28-21)16-11-13-17(23)14-12-16/h11-15H,3-10H2,1-2H3,(H,24,25). The van der Waals surface area contributed by atoms with Crippen LogP contribution in [0.25, 0.3) is 11.1 Å².